The molecule has 4 atom stereocenters. The number of ether oxygens (including phenoxy) is 2. The lowest BCUT2D eigenvalue weighted by molar-refractivity contribution is -0.200. The molecule has 1 aliphatic rings. The number of carbonyl (C=O) groups is 2. The fraction of sp³-hybridized carbons (Fsp3) is 0.579. The van der Waals surface area contributed by atoms with Crippen molar-refractivity contribution in [1.82, 2.24) is 0 Å². The molecule has 1 fully saturated rings. The van der Waals surface area contributed by atoms with Crippen LogP contribution in [0.3, 0.4) is 0 Å². The summed E-state index contributed by atoms with van der Waals surface area (Å²) >= 11 is 16.7. The van der Waals surface area contributed by atoms with E-state index in [0.29, 0.717) is 5.38 Å². The minimum atomic E-state index is -2.39. The van der Waals surface area contributed by atoms with E-state index in [-0.39, 0.29) is 24.2 Å². The van der Waals surface area contributed by atoms with Gasteiger partial charge in [-0.15, -0.1) is 0 Å². The molecule has 1 saturated carbocycles. The maximum atomic E-state index is 12.7. The first-order valence-electron chi connectivity index (χ1n) is 9.26. The smallest absolute Gasteiger partial charge is 0.359 e. The van der Waals surface area contributed by atoms with E-state index in [0.717, 1.165) is 0 Å². The van der Waals surface area contributed by atoms with Gasteiger partial charge in [0.25, 0.3) is 3.79 Å². The van der Waals surface area contributed by atoms with Crippen molar-refractivity contribution in [2.24, 2.45) is 5.92 Å². The Kier molecular flexibility index (Phi) is 7.43. The number of rotatable bonds is 5. The Morgan fingerprint density at radius 3 is 2.47 bits per heavy atom. The zero-order valence-electron chi connectivity index (χ0n) is 17.1. The van der Waals surface area contributed by atoms with Crippen molar-refractivity contribution in [3.05, 3.63) is 30.0 Å². The Balaban J connectivity index is 2.60. The maximum absolute atomic E-state index is 12.7. The zero-order chi connectivity index (χ0) is 23.1. The number of esters is 2. The number of furan rings is 1. The summed E-state index contributed by atoms with van der Waals surface area (Å²) < 4.78 is 13.5. The van der Waals surface area contributed by atoms with E-state index in [4.69, 9.17) is 48.7 Å². The van der Waals surface area contributed by atoms with Gasteiger partial charge in [-0.25, -0.2) is 4.79 Å². The molecule has 2 rings (SSSR count). The van der Waals surface area contributed by atoms with Gasteiger partial charge in [0.1, 0.15) is 19.8 Å². The first-order chi connectivity index (χ1) is 13.7. The third kappa shape index (κ3) is 4.74. The van der Waals surface area contributed by atoms with Gasteiger partial charge in [-0.2, -0.15) is 0 Å². The fourth-order valence-corrected chi connectivity index (χ4v) is 5.23. The van der Waals surface area contributed by atoms with E-state index in [1.54, 1.807) is 6.92 Å². The molecular weight excluding hydrogens is 475 g/mol. The molecule has 0 aromatic carbocycles. The molecule has 30 heavy (non-hydrogen) atoms. The highest BCUT2D eigenvalue weighted by atomic mass is 35.6. The molecule has 0 bridgehead atoms. The molecule has 11 heteroatoms. The molecule has 168 valence electrons. The summed E-state index contributed by atoms with van der Waals surface area (Å²) in [6.45, 7) is 11.4. The monoisotopic (exact) mass is 498 g/mol. The Bertz CT molecular complexity index is 827. The molecule has 1 aliphatic carbocycles. The summed E-state index contributed by atoms with van der Waals surface area (Å²) in [7, 11) is -2.15. The fourth-order valence-electron chi connectivity index (χ4n) is 3.58. The van der Waals surface area contributed by atoms with Crippen LogP contribution in [0.25, 0.3) is 0 Å². The van der Waals surface area contributed by atoms with Crippen molar-refractivity contribution < 1.29 is 33.7 Å². The molecule has 1 heterocycles. The van der Waals surface area contributed by atoms with Crippen LogP contribution in [-0.2, 0) is 24.7 Å². The van der Waals surface area contributed by atoms with Crippen LogP contribution in [0, 0.1) is 5.92 Å². The van der Waals surface area contributed by atoms with Crippen LogP contribution in [-0.4, -0.2) is 52.8 Å². The van der Waals surface area contributed by atoms with Crippen LogP contribution in [0.5, 0.6) is 0 Å². The van der Waals surface area contributed by atoms with Gasteiger partial charge in [-0.1, -0.05) is 61.0 Å². The van der Waals surface area contributed by atoms with Crippen molar-refractivity contribution in [3.63, 3.8) is 0 Å². The summed E-state index contributed by atoms with van der Waals surface area (Å²) in [5.41, 5.74) is -1.78. The Morgan fingerprint density at radius 1 is 1.37 bits per heavy atom. The minimum absolute atomic E-state index is 0.0753. The Morgan fingerprint density at radius 2 is 1.97 bits per heavy atom. The van der Waals surface area contributed by atoms with Crippen LogP contribution >= 0.6 is 34.8 Å². The number of aliphatic hydroxyl groups excluding tert-OH is 1. The van der Waals surface area contributed by atoms with E-state index >= 15 is 0 Å². The Labute approximate surface area is 190 Å². The van der Waals surface area contributed by atoms with Gasteiger partial charge in [0.2, 0.25) is 0 Å². The average Bonchev–Trinajstić information content (AvgIpc) is 3.11. The quantitative estimate of drug-likeness (QED) is 0.278. The normalized spacial score (nSPS) is 27.6. The third-order valence-electron chi connectivity index (χ3n) is 4.95. The molecule has 0 spiro atoms. The highest BCUT2D eigenvalue weighted by Crippen LogP contribution is 2.46. The second kappa shape index (κ2) is 8.84. The molecule has 0 unspecified atom stereocenters. The highest BCUT2D eigenvalue weighted by Gasteiger charge is 2.59. The van der Waals surface area contributed by atoms with Crippen LogP contribution in [0.2, 0.25) is 19.6 Å². The van der Waals surface area contributed by atoms with Gasteiger partial charge < -0.3 is 24.1 Å². The second-order valence-electron chi connectivity index (χ2n) is 8.17. The molecule has 1 aromatic heterocycles. The van der Waals surface area contributed by atoms with Gasteiger partial charge in [-0.05, 0) is 25.0 Å². The van der Waals surface area contributed by atoms with Crippen molar-refractivity contribution in [1.29, 1.82) is 0 Å². The first kappa shape index (κ1) is 25.2. The lowest BCUT2D eigenvalue weighted by Gasteiger charge is -2.46. The molecule has 2 N–H and O–H groups in total. The van der Waals surface area contributed by atoms with Crippen LogP contribution in [0.1, 0.15) is 18.9 Å². The summed E-state index contributed by atoms with van der Waals surface area (Å²) in [4.78, 5) is 24.8. The molecule has 7 nitrogen and oxygen atoms in total. The van der Waals surface area contributed by atoms with E-state index in [1.807, 2.05) is 19.6 Å². The molecule has 0 saturated heterocycles. The zero-order valence-corrected chi connectivity index (χ0v) is 20.3. The Hall–Kier alpha value is -1.03. The molecule has 0 radical (unpaired) electrons. The first-order valence-corrected chi connectivity index (χ1v) is 13.9. The van der Waals surface area contributed by atoms with Gasteiger partial charge >= 0.3 is 11.9 Å². The van der Waals surface area contributed by atoms with E-state index in [1.165, 1.54) is 12.3 Å². The summed E-state index contributed by atoms with van der Waals surface area (Å²) in [5, 5.41) is 23.4. The van der Waals surface area contributed by atoms with Gasteiger partial charge in [0, 0.05) is 5.56 Å². The van der Waals surface area contributed by atoms with Gasteiger partial charge in [-0.3, -0.25) is 4.79 Å². The predicted molar refractivity (Wildman–Crippen MR) is 116 cm³/mol. The standard InChI is InChI=1S/C19H25Cl3O7Si/c1-6-27-15(24)12-9-10(2)13(29-17(25)19(20,21)22)14(23)18(12,26)11-7-8-28-16(11)30(3,4)5/h7-8,12-14,23,26H,2,6,9H2,1,3-5H3/t12-,13+,14+,18+/m0/s1. The second-order valence-corrected chi connectivity index (χ2v) is 15.4. The average molecular weight is 500 g/mol. The lowest BCUT2D eigenvalue weighted by atomic mass is 9.67. The largest absolute Gasteiger partial charge is 0.474 e. The summed E-state index contributed by atoms with van der Waals surface area (Å²) in [6, 6.07) is 1.49. The number of hydrogen-bond donors (Lipinski definition) is 2. The van der Waals surface area contributed by atoms with Crippen molar-refractivity contribution >= 4 is 60.2 Å². The van der Waals surface area contributed by atoms with Gasteiger partial charge in [0.05, 0.1) is 24.2 Å². The molecule has 1 aromatic rings. The van der Waals surface area contributed by atoms with Crippen LogP contribution in [0.15, 0.2) is 28.9 Å². The topological polar surface area (TPSA) is 106 Å². The van der Waals surface area contributed by atoms with Crippen molar-refractivity contribution in [2.45, 2.75) is 54.6 Å². The van der Waals surface area contributed by atoms with Crippen molar-refractivity contribution in [2.75, 3.05) is 6.61 Å². The molecular formula is C19H25Cl3O7Si. The highest BCUT2D eigenvalue weighted by molar-refractivity contribution is 6.88. The number of alkyl halides is 3. The summed E-state index contributed by atoms with van der Waals surface area (Å²) in [5.74, 6) is -3.18. The third-order valence-corrected chi connectivity index (χ3v) is 7.16. The number of carbonyl (C=O) groups excluding carboxylic acids is 2. The van der Waals surface area contributed by atoms with E-state index < -0.39 is 47.5 Å². The van der Waals surface area contributed by atoms with Crippen LogP contribution < -0.4 is 5.38 Å². The maximum Gasteiger partial charge on any atom is 0.359 e. The van der Waals surface area contributed by atoms with Crippen molar-refractivity contribution in [3.8, 4) is 0 Å². The summed E-state index contributed by atoms with van der Waals surface area (Å²) in [6.07, 6.45) is -1.97. The minimum Gasteiger partial charge on any atom is -0.474 e. The number of hydrogen-bond acceptors (Lipinski definition) is 7. The SMILES string of the molecule is C=C1C[C@@H](C(=O)OCC)[C@](O)(c2ccoc2[Si](C)(C)C)[C@H](O)[C@@H]1OC(=O)C(Cl)(Cl)Cl. The number of halogens is 3. The van der Waals surface area contributed by atoms with E-state index in [2.05, 4.69) is 6.58 Å². The molecule has 0 amide bonds. The van der Waals surface area contributed by atoms with Crippen LogP contribution in [0.4, 0.5) is 0 Å². The van der Waals surface area contributed by atoms with E-state index in [9.17, 15) is 19.8 Å². The predicted octanol–water partition coefficient (Wildman–Crippen LogP) is 2.79. The van der Waals surface area contributed by atoms with Gasteiger partial charge in [0.15, 0.2) is 6.10 Å². The molecule has 0 aliphatic heterocycles. The lowest BCUT2D eigenvalue weighted by Crippen LogP contribution is -2.61. The number of aliphatic hydroxyl groups is 2.